The molecule has 1 amide bonds. The Kier molecular flexibility index (Phi) is 5.74. The van der Waals surface area contributed by atoms with Crippen LogP contribution in [-0.2, 0) is 17.5 Å². The third-order valence-corrected chi connectivity index (χ3v) is 5.47. The number of nitrogens with one attached hydrogen (secondary N) is 1. The summed E-state index contributed by atoms with van der Waals surface area (Å²) in [5.74, 6) is -0.0601. The Morgan fingerprint density at radius 2 is 2.04 bits per heavy atom. The second-order valence-electron chi connectivity index (χ2n) is 7.20. The predicted octanol–water partition coefficient (Wildman–Crippen LogP) is 4.01. The highest BCUT2D eigenvalue weighted by Crippen LogP contribution is 2.42. The Bertz CT molecular complexity index is 869. The molecular formula is C18H23ClF3N5O. The molecular weight excluding hydrogens is 395 g/mol. The third kappa shape index (κ3) is 4.34. The summed E-state index contributed by atoms with van der Waals surface area (Å²) >= 11 is 6.12. The van der Waals surface area contributed by atoms with Gasteiger partial charge < -0.3 is 5.32 Å². The fourth-order valence-corrected chi connectivity index (χ4v) is 3.30. The average Bonchev–Trinajstić information content (AvgIpc) is 3.33. The van der Waals surface area contributed by atoms with Crippen LogP contribution >= 0.6 is 11.6 Å². The van der Waals surface area contributed by atoms with Gasteiger partial charge in [-0.1, -0.05) is 11.6 Å². The molecule has 154 valence electrons. The lowest BCUT2D eigenvalue weighted by molar-refractivity contribution is -0.141. The summed E-state index contributed by atoms with van der Waals surface area (Å²) in [5.41, 5.74) is 1.15. The number of carbonyl (C=O) groups excluding carboxylic acids is 1. The summed E-state index contributed by atoms with van der Waals surface area (Å²) in [6.45, 7) is 5.94. The van der Waals surface area contributed by atoms with Crippen molar-refractivity contribution in [1.82, 2.24) is 24.9 Å². The first-order valence-corrected chi connectivity index (χ1v) is 9.61. The monoisotopic (exact) mass is 417 g/mol. The molecule has 1 saturated carbocycles. The number of aromatic nitrogens is 4. The van der Waals surface area contributed by atoms with Crippen molar-refractivity contribution in [3.05, 3.63) is 33.9 Å². The molecule has 6 nitrogen and oxygen atoms in total. The van der Waals surface area contributed by atoms with Crippen LogP contribution in [0.2, 0.25) is 5.02 Å². The zero-order chi connectivity index (χ0) is 20.6. The fourth-order valence-electron chi connectivity index (χ4n) is 3.18. The molecule has 1 aliphatic carbocycles. The quantitative estimate of drug-likeness (QED) is 0.692. The first kappa shape index (κ1) is 20.7. The number of halogens is 4. The van der Waals surface area contributed by atoms with Crippen LogP contribution in [0.15, 0.2) is 6.07 Å². The van der Waals surface area contributed by atoms with Crippen LogP contribution in [0.3, 0.4) is 0 Å². The molecule has 1 N–H and O–H groups in total. The van der Waals surface area contributed by atoms with E-state index in [9.17, 15) is 18.0 Å². The number of aryl methyl sites for hydroxylation is 2. The molecule has 0 aromatic carbocycles. The molecule has 0 bridgehead atoms. The largest absolute Gasteiger partial charge is 0.435 e. The van der Waals surface area contributed by atoms with Crippen LogP contribution in [0.4, 0.5) is 13.2 Å². The van der Waals surface area contributed by atoms with Gasteiger partial charge in [0, 0.05) is 24.7 Å². The van der Waals surface area contributed by atoms with Gasteiger partial charge >= 0.3 is 6.18 Å². The zero-order valence-corrected chi connectivity index (χ0v) is 16.7. The highest BCUT2D eigenvalue weighted by Gasteiger charge is 2.37. The predicted molar refractivity (Wildman–Crippen MR) is 98.3 cm³/mol. The van der Waals surface area contributed by atoms with Crippen LogP contribution < -0.4 is 5.32 Å². The molecule has 0 spiro atoms. The van der Waals surface area contributed by atoms with Gasteiger partial charge in [0.2, 0.25) is 5.91 Å². The summed E-state index contributed by atoms with van der Waals surface area (Å²) < 4.78 is 41.8. The summed E-state index contributed by atoms with van der Waals surface area (Å²) in [7, 11) is 0. The van der Waals surface area contributed by atoms with E-state index in [1.54, 1.807) is 25.5 Å². The zero-order valence-electron chi connectivity index (χ0n) is 16.0. The Hall–Kier alpha value is -2.03. The Labute approximate surface area is 166 Å². The number of rotatable bonds is 7. The smallest absolute Gasteiger partial charge is 0.354 e. The highest BCUT2D eigenvalue weighted by atomic mass is 35.5. The molecule has 0 radical (unpaired) electrons. The van der Waals surface area contributed by atoms with E-state index in [1.807, 2.05) is 0 Å². The lowest BCUT2D eigenvalue weighted by atomic mass is 10.2. The molecule has 1 fully saturated rings. The SMILES string of the molecule is Cc1nn(C(C)C(=O)NCCCn2nc(C(F)(F)F)cc2C2CC2)c(C)c1Cl. The van der Waals surface area contributed by atoms with E-state index in [4.69, 9.17) is 11.6 Å². The van der Waals surface area contributed by atoms with Gasteiger partial charge in [-0.25, -0.2) is 0 Å². The molecule has 2 aromatic heterocycles. The Balaban J connectivity index is 1.55. The van der Waals surface area contributed by atoms with Crippen molar-refractivity contribution in [1.29, 1.82) is 0 Å². The number of nitrogens with zero attached hydrogens (tertiary/aromatic N) is 4. The fraction of sp³-hybridized carbons (Fsp3) is 0.611. The number of carbonyl (C=O) groups is 1. The first-order chi connectivity index (χ1) is 13.1. The summed E-state index contributed by atoms with van der Waals surface area (Å²) in [6, 6.07) is 0.611. The number of hydrogen-bond acceptors (Lipinski definition) is 3. The van der Waals surface area contributed by atoms with Gasteiger partial charge in [-0.05, 0) is 46.1 Å². The van der Waals surface area contributed by atoms with Crippen LogP contribution in [-0.4, -0.2) is 32.0 Å². The summed E-state index contributed by atoms with van der Waals surface area (Å²) in [5, 5.41) is 11.3. The van der Waals surface area contributed by atoms with Gasteiger partial charge in [0.05, 0.1) is 16.4 Å². The molecule has 28 heavy (non-hydrogen) atoms. The molecule has 0 saturated heterocycles. The highest BCUT2D eigenvalue weighted by molar-refractivity contribution is 6.31. The van der Waals surface area contributed by atoms with E-state index < -0.39 is 17.9 Å². The second kappa shape index (κ2) is 7.77. The normalized spacial score (nSPS) is 15.7. The lowest BCUT2D eigenvalue weighted by Crippen LogP contribution is -2.33. The molecule has 10 heteroatoms. The number of hydrogen-bond donors (Lipinski definition) is 1. The third-order valence-electron chi connectivity index (χ3n) is 4.93. The van der Waals surface area contributed by atoms with E-state index in [0.29, 0.717) is 41.6 Å². The minimum Gasteiger partial charge on any atom is -0.354 e. The number of amides is 1. The van der Waals surface area contributed by atoms with Crippen molar-refractivity contribution < 1.29 is 18.0 Å². The van der Waals surface area contributed by atoms with Gasteiger partial charge in [-0.15, -0.1) is 0 Å². The molecule has 3 rings (SSSR count). The topological polar surface area (TPSA) is 64.7 Å². The molecule has 0 aliphatic heterocycles. The summed E-state index contributed by atoms with van der Waals surface area (Å²) in [6.07, 6.45) is -2.18. The molecule has 1 atom stereocenters. The maximum Gasteiger partial charge on any atom is 0.435 e. The van der Waals surface area contributed by atoms with E-state index in [2.05, 4.69) is 15.5 Å². The molecule has 2 heterocycles. The van der Waals surface area contributed by atoms with Crippen molar-refractivity contribution in [3.63, 3.8) is 0 Å². The first-order valence-electron chi connectivity index (χ1n) is 9.23. The average molecular weight is 418 g/mol. The van der Waals surface area contributed by atoms with E-state index in [0.717, 1.165) is 18.9 Å². The van der Waals surface area contributed by atoms with Crippen molar-refractivity contribution in [3.8, 4) is 0 Å². The molecule has 1 aliphatic rings. The van der Waals surface area contributed by atoms with Crippen LogP contribution in [0.25, 0.3) is 0 Å². The van der Waals surface area contributed by atoms with Gasteiger partial charge in [0.1, 0.15) is 6.04 Å². The van der Waals surface area contributed by atoms with Crippen LogP contribution in [0.1, 0.15) is 60.9 Å². The standard InChI is InChI=1S/C18H23ClF3N5O/c1-10-16(19)11(2)27(24-10)12(3)17(28)23-7-4-8-26-14(13-5-6-13)9-15(25-26)18(20,21)22/h9,12-13H,4-8H2,1-3H3,(H,23,28). The Morgan fingerprint density at radius 3 is 2.57 bits per heavy atom. The van der Waals surface area contributed by atoms with Gasteiger partial charge in [0.15, 0.2) is 5.69 Å². The maximum absolute atomic E-state index is 12.9. The maximum atomic E-state index is 12.9. The van der Waals surface area contributed by atoms with Crippen molar-refractivity contribution in [2.24, 2.45) is 0 Å². The van der Waals surface area contributed by atoms with Gasteiger partial charge in [-0.3, -0.25) is 14.2 Å². The second-order valence-corrected chi connectivity index (χ2v) is 7.58. The molecule has 2 aromatic rings. The van der Waals surface area contributed by atoms with Crippen LogP contribution in [0.5, 0.6) is 0 Å². The minimum atomic E-state index is -4.44. The van der Waals surface area contributed by atoms with Crippen molar-refractivity contribution >= 4 is 17.5 Å². The van der Waals surface area contributed by atoms with E-state index >= 15 is 0 Å². The van der Waals surface area contributed by atoms with Crippen molar-refractivity contribution in [2.45, 2.75) is 64.7 Å². The molecule has 1 unspecified atom stereocenters. The number of alkyl halides is 3. The van der Waals surface area contributed by atoms with E-state index in [-0.39, 0.29) is 11.8 Å². The Morgan fingerprint density at radius 1 is 1.36 bits per heavy atom. The van der Waals surface area contributed by atoms with E-state index in [1.165, 1.54) is 4.68 Å². The van der Waals surface area contributed by atoms with Crippen molar-refractivity contribution in [2.75, 3.05) is 6.54 Å². The van der Waals surface area contributed by atoms with Gasteiger partial charge in [-0.2, -0.15) is 23.4 Å². The minimum absolute atomic E-state index is 0.161. The van der Waals surface area contributed by atoms with Gasteiger partial charge in [0.25, 0.3) is 0 Å². The lowest BCUT2D eigenvalue weighted by Gasteiger charge is -2.15. The van der Waals surface area contributed by atoms with Crippen LogP contribution in [0, 0.1) is 13.8 Å². The summed E-state index contributed by atoms with van der Waals surface area (Å²) in [4.78, 5) is 12.4.